The molecule has 0 saturated carbocycles. The first-order valence-electron chi connectivity index (χ1n) is 29.1. The van der Waals surface area contributed by atoms with Crippen LogP contribution in [0.15, 0.2) is 24.3 Å². The summed E-state index contributed by atoms with van der Waals surface area (Å²) in [5, 5.41) is 23.1. The predicted octanol–water partition coefficient (Wildman–Crippen LogP) is 17.9. The number of amides is 1. The Kier molecular flexibility index (Phi) is 53.5. The fourth-order valence-electron chi connectivity index (χ4n) is 8.98. The van der Waals surface area contributed by atoms with E-state index >= 15 is 0 Å². The zero-order valence-electron chi connectivity index (χ0n) is 43.7. The van der Waals surface area contributed by atoms with E-state index in [2.05, 4.69) is 31.3 Å². The fourth-order valence-corrected chi connectivity index (χ4v) is 8.98. The fraction of sp³-hybridized carbons (Fsp3) is 0.898. The first-order chi connectivity index (χ1) is 32.0. The molecule has 1 amide bonds. The molecule has 0 bridgehead atoms. The van der Waals surface area contributed by atoms with E-state index in [9.17, 15) is 19.8 Å². The molecule has 384 valence electrons. The minimum atomic E-state index is -0.848. The van der Waals surface area contributed by atoms with Gasteiger partial charge in [0.1, 0.15) is 0 Å². The second kappa shape index (κ2) is 54.9. The van der Waals surface area contributed by atoms with Crippen LogP contribution in [0.3, 0.4) is 0 Å². The lowest BCUT2D eigenvalue weighted by molar-refractivity contribution is -0.143. The van der Waals surface area contributed by atoms with E-state index in [1.54, 1.807) is 6.08 Å². The molecule has 65 heavy (non-hydrogen) atoms. The molecule has 0 heterocycles. The summed E-state index contributed by atoms with van der Waals surface area (Å²) in [6.45, 7) is 4.90. The molecule has 0 aliphatic carbocycles. The Morgan fingerprint density at radius 2 is 0.723 bits per heavy atom. The van der Waals surface area contributed by atoms with Gasteiger partial charge in [0.25, 0.3) is 0 Å². The Balaban J connectivity index is 3.43. The van der Waals surface area contributed by atoms with Gasteiger partial charge in [-0.15, -0.1) is 0 Å². The number of nitrogens with one attached hydrogen (secondary N) is 1. The molecule has 2 atom stereocenters. The van der Waals surface area contributed by atoms with E-state index in [1.165, 1.54) is 244 Å². The molecule has 0 aliphatic heterocycles. The second-order valence-electron chi connectivity index (χ2n) is 20.0. The van der Waals surface area contributed by atoms with Crippen molar-refractivity contribution in [3.05, 3.63) is 24.3 Å². The molecular formula is C59H113NO5. The number of aliphatic hydroxyl groups is 2. The smallest absolute Gasteiger partial charge is 0.305 e. The largest absolute Gasteiger partial charge is 0.466 e. The van der Waals surface area contributed by atoms with E-state index in [1.807, 2.05) is 6.08 Å². The third-order valence-corrected chi connectivity index (χ3v) is 13.5. The van der Waals surface area contributed by atoms with Crippen LogP contribution >= 0.6 is 0 Å². The molecule has 0 aromatic heterocycles. The minimum Gasteiger partial charge on any atom is -0.466 e. The summed E-state index contributed by atoms with van der Waals surface area (Å²) in [5.74, 6) is -0.0750. The maximum absolute atomic E-state index is 12.5. The van der Waals surface area contributed by atoms with E-state index in [-0.39, 0.29) is 18.5 Å². The average Bonchev–Trinajstić information content (AvgIpc) is 3.31. The molecule has 0 radical (unpaired) electrons. The Labute approximate surface area is 405 Å². The van der Waals surface area contributed by atoms with Crippen LogP contribution in [0.1, 0.15) is 316 Å². The van der Waals surface area contributed by atoms with Crippen LogP contribution in [0.25, 0.3) is 0 Å². The van der Waals surface area contributed by atoms with Gasteiger partial charge >= 0.3 is 5.97 Å². The first-order valence-corrected chi connectivity index (χ1v) is 29.1. The van der Waals surface area contributed by atoms with Gasteiger partial charge in [-0.25, -0.2) is 0 Å². The number of ether oxygens (including phenoxy) is 1. The highest BCUT2D eigenvalue weighted by Crippen LogP contribution is 2.17. The van der Waals surface area contributed by atoms with Crippen LogP contribution in [0, 0.1) is 0 Å². The lowest BCUT2D eigenvalue weighted by Crippen LogP contribution is -2.45. The van der Waals surface area contributed by atoms with E-state index in [4.69, 9.17) is 4.74 Å². The molecule has 0 aromatic carbocycles. The zero-order valence-corrected chi connectivity index (χ0v) is 43.7. The number of hydrogen-bond acceptors (Lipinski definition) is 5. The summed E-state index contributed by atoms with van der Waals surface area (Å²) in [5.41, 5.74) is 0. The number of carbonyl (C=O) groups excluding carboxylic acids is 2. The maximum Gasteiger partial charge on any atom is 0.305 e. The van der Waals surface area contributed by atoms with Gasteiger partial charge in [-0.2, -0.15) is 0 Å². The highest BCUT2D eigenvalue weighted by Gasteiger charge is 2.18. The lowest BCUT2D eigenvalue weighted by Gasteiger charge is -2.20. The highest BCUT2D eigenvalue weighted by atomic mass is 16.5. The van der Waals surface area contributed by atoms with Crippen molar-refractivity contribution in [2.45, 2.75) is 328 Å². The summed E-state index contributed by atoms with van der Waals surface area (Å²) in [6, 6.07) is -0.631. The van der Waals surface area contributed by atoms with E-state index in [0.717, 1.165) is 44.9 Å². The molecule has 3 N–H and O–H groups in total. The number of allylic oxidation sites excluding steroid dienone is 3. The third-order valence-electron chi connectivity index (χ3n) is 13.5. The molecule has 0 saturated heterocycles. The number of rotatable bonds is 54. The summed E-state index contributed by atoms with van der Waals surface area (Å²) in [6.07, 6.45) is 66.2. The van der Waals surface area contributed by atoms with Crippen LogP contribution in [0.2, 0.25) is 0 Å². The number of carbonyl (C=O) groups is 2. The highest BCUT2D eigenvalue weighted by molar-refractivity contribution is 5.76. The number of esters is 1. The molecule has 0 aromatic rings. The minimum absolute atomic E-state index is 0.00274. The number of unbranched alkanes of at least 4 members (excludes halogenated alkanes) is 41. The van der Waals surface area contributed by atoms with E-state index in [0.29, 0.717) is 19.4 Å². The van der Waals surface area contributed by atoms with Gasteiger partial charge in [0.15, 0.2) is 0 Å². The zero-order chi connectivity index (χ0) is 47.2. The molecule has 6 heteroatoms. The van der Waals surface area contributed by atoms with Gasteiger partial charge in [-0.3, -0.25) is 9.59 Å². The van der Waals surface area contributed by atoms with Crippen molar-refractivity contribution in [2.75, 3.05) is 13.2 Å². The van der Waals surface area contributed by atoms with Crippen molar-refractivity contribution in [3.8, 4) is 0 Å². The molecule has 0 spiro atoms. The average molecular weight is 917 g/mol. The Hall–Kier alpha value is -1.66. The lowest BCUT2D eigenvalue weighted by atomic mass is 10.0. The van der Waals surface area contributed by atoms with Gasteiger partial charge in [0, 0.05) is 12.8 Å². The summed E-state index contributed by atoms with van der Waals surface area (Å²) >= 11 is 0. The summed E-state index contributed by atoms with van der Waals surface area (Å²) < 4.78 is 5.48. The van der Waals surface area contributed by atoms with Gasteiger partial charge in [-0.1, -0.05) is 269 Å². The van der Waals surface area contributed by atoms with Crippen LogP contribution in [0.5, 0.6) is 0 Å². The summed E-state index contributed by atoms with van der Waals surface area (Å²) in [4.78, 5) is 24.5. The van der Waals surface area contributed by atoms with Crippen LogP contribution in [0.4, 0.5) is 0 Å². The molecule has 6 nitrogen and oxygen atoms in total. The van der Waals surface area contributed by atoms with Crippen molar-refractivity contribution in [2.24, 2.45) is 0 Å². The maximum atomic E-state index is 12.5. The third kappa shape index (κ3) is 51.6. The van der Waals surface area contributed by atoms with Crippen LogP contribution in [-0.4, -0.2) is 47.4 Å². The van der Waals surface area contributed by atoms with Gasteiger partial charge in [0.2, 0.25) is 5.91 Å². The normalized spacial score (nSPS) is 12.7. The molecule has 0 aliphatic rings. The number of aliphatic hydroxyl groups excluding tert-OH is 2. The monoisotopic (exact) mass is 916 g/mol. The predicted molar refractivity (Wildman–Crippen MR) is 283 cm³/mol. The van der Waals surface area contributed by atoms with Crippen molar-refractivity contribution in [3.63, 3.8) is 0 Å². The standard InChI is InChI=1S/C59H113NO5/c1-3-5-7-9-11-13-15-17-19-25-29-33-37-41-45-49-53-59(64)65-54-50-46-42-38-34-30-26-22-20-21-24-28-32-36-40-44-48-52-58(63)60-56(55-61)57(62)51-47-43-39-35-31-27-23-18-16-14-12-10-8-6-4-2/h19,25,47,51,56-57,61-62H,3-18,20-24,26-46,48-50,52-55H2,1-2H3,(H,60,63)/b25-19-,51-47+. The van der Waals surface area contributed by atoms with Gasteiger partial charge in [0.05, 0.1) is 25.4 Å². The first kappa shape index (κ1) is 63.3. The van der Waals surface area contributed by atoms with E-state index < -0.39 is 12.1 Å². The van der Waals surface area contributed by atoms with Crippen LogP contribution < -0.4 is 5.32 Å². The Morgan fingerprint density at radius 3 is 1.09 bits per heavy atom. The number of hydrogen-bond donors (Lipinski definition) is 3. The molecule has 0 rings (SSSR count). The second-order valence-corrected chi connectivity index (χ2v) is 20.0. The molecular weight excluding hydrogens is 803 g/mol. The van der Waals surface area contributed by atoms with Gasteiger partial charge in [-0.05, 0) is 57.8 Å². The van der Waals surface area contributed by atoms with Crippen molar-refractivity contribution < 1.29 is 24.5 Å². The topological polar surface area (TPSA) is 95.9 Å². The molecule has 0 fully saturated rings. The summed E-state index contributed by atoms with van der Waals surface area (Å²) in [7, 11) is 0. The quantitative estimate of drug-likeness (QED) is 0.0321. The Bertz CT molecular complexity index is 1010. The SMILES string of the molecule is CCCCCCCCC/C=C\CCCCCCCC(=O)OCCCCCCCCCCCCCCCCCCCC(=O)NC(CO)C(O)/C=C/CCCCCCCCCCCCCCC. The van der Waals surface area contributed by atoms with Crippen molar-refractivity contribution >= 4 is 11.9 Å². The Morgan fingerprint density at radius 1 is 0.415 bits per heavy atom. The van der Waals surface area contributed by atoms with Crippen molar-refractivity contribution in [1.29, 1.82) is 0 Å². The van der Waals surface area contributed by atoms with Gasteiger partial charge < -0.3 is 20.3 Å². The van der Waals surface area contributed by atoms with Crippen LogP contribution in [-0.2, 0) is 14.3 Å². The molecule has 2 unspecified atom stereocenters. The van der Waals surface area contributed by atoms with Crippen molar-refractivity contribution in [1.82, 2.24) is 5.32 Å².